The van der Waals surface area contributed by atoms with E-state index in [2.05, 4.69) is 24.0 Å². The lowest BCUT2D eigenvalue weighted by molar-refractivity contribution is 0.826. The summed E-state index contributed by atoms with van der Waals surface area (Å²) < 4.78 is 0. The number of nitrogens with zero attached hydrogens (tertiary/aromatic N) is 1. The quantitative estimate of drug-likeness (QED) is 0.721. The minimum absolute atomic E-state index is 0.523. The van der Waals surface area contributed by atoms with E-state index in [1.807, 2.05) is 6.07 Å². The number of halogens is 2. The minimum atomic E-state index is 0.523. The highest BCUT2D eigenvalue weighted by atomic mass is 35.5. The van der Waals surface area contributed by atoms with Crippen molar-refractivity contribution >= 4 is 28.9 Å². The van der Waals surface area contributed by atoms with Crippen LogP contribution in [0.4, 0.5) is 5.69 Å². The van der Waals surface area contributed by atoms with Crippen molar-refractivity contribution in [1.82, 2.24) is 0 Å². The molecule has 2 rings (SSSR count). The molecule has 0 atom stereocenters. The molecular weight excluding hydrogens is 229 g/mol. The van der Waals surface area contributed by atoms with Crippen LogP contribution < -0.4 is 4.90 Å². The zero-order chi connectivity index (χ0) is 10.8. The Hall–Kier alpha value is -0.400. The van der Waals surface area contributed by atoms with E-state index in [4.69, 9.17) is 23.2 Å². The number of hydrogen-bond acceptors (Lipinski definition) is 1. The van der Waals surface area contributed by atoms with Crippen LogP contribution in [0, 0.1) is 0 Å². The summed E-state index contributed by atoms with van der Waals surface area (Å²) in [5, 5.41) is 0.821. The first-order chi connectivity index (χ1) is 7.26. The molecule has 0 aromatic heterocycles. The molecular formula is C12H15Cl2N. The first-order valence-electron chi connectivity index (χ1n) is 5.37. The Labute approximate surface area is 101 Å². The second-order valence-electron chi connectivity index (χ2n) is 3.94. The van der Waals surface area contributed by atoms with Crippen molar-refractivity contribution in [1.29, 1.82) is 0 Å². The smallest absolute Gasteiger partial charge is 0.0642 e. The molecule has 0 radical (unpaired) electrons. The molecule has 0 amide bonds. The van der Waals surface area contributed by atoms with E-state index in [-0.39, 0.29) is 0 Å². The molecule has 1 aliphatic rings. The molecule has 15 heavy (non-hydrogen) atoms. The van der Waals surface area contributed by atoms with Crippen molar-refractivity contribution in [2.24, 2.45) is 0 Å². The topological polar surface area (TPSA) is 3.24 Å². The van der Waals surface area contributed by atoms with Crippen LogP contribution in [0.15, 0.2) is 18.2 Å². The van der Waals surface area contributed by atoms with Crippen LogP contribution in [0.25, 0.3) is 0 Å². The molecule has 1 fully saturated rings. The maximum atomic E-state index is 6.25. The average Bonchev–Trinajstić information content (AvgIpc) is 3.05. The lowest BCUT2D eigenvalue weighted by Crippen LogP contribution is -2.25. The lowest BCUT2D eigenvalue weighted by Gasteiger charge is -2.24. The summed E-state index contributed by atoms with van der Waals surface area (Å²) in [6.45, 7) is 3.19. The summed E-state index contributed by atoms with van der Waals surface area (Å²) in [6.07, 6.45) is 2.59. The first-order valence-corrected chi connectivity index (χ1v) is 6.28. The van der Waals surface area contributed by atoms with Crippen molar-refractivity contribution in [3.05, 3.63) is 28.8 Å². The number of rotatable bonds is 4. The number of hydrogen-bond donors (Lipinski definition) is 0. The SMILES string of the molecule is CCN(c1ccc(CCl)cc1Cl)C1CC1. The summed E-state index contributed by atoms with van der Waals surface area (Å²) in [5.74, 6) is 0.523. The van der Waals surface area contributed by atoms with E-state index in [9.17, 15) is 0 Å². The average molecular weight is 244 g/mol. The third-order valence-corrected chi connectivity index (χ3v) is 3.42. The van der Waals surface area contributed by atoms with E-state index >= 15 is 0 Å². The molecule has 0 unspecified atom stereocenters. The molecule has 1 nitrogen and oxygen atoms in total. The molecule has 1 saturated carbocycles. The van der Waals surface area contributed by atoms with Crippen molar-refractivity contribution in [2.45, 2.75) is 31.7 Å². The van der Waals surface area contributed by atoms with Crippen LogP contribution in [0.2, 0.25) is 5.02 Å². The fourth-order valence-corrected chi connectivity index (χ4v) is 2.36. The third kappa shape index (κ3) is 2.40. The van der Waals surface area contributed by atoms with Crippen molar-refractivity contribution in [3.8, 4) is 0 Å². The van der Waals surface area contributed by atoms with Crippen LogP contribution in [0.5, 0.6) is 0 Å². The van der Waals surface area contributed by atoms with Crippen molar-refractivity contribution < 1.29 is 0 Å². The predicted molar refractivity (Wildman–Crippen MR) is 67.1 cm³/mol. The highest BCUT2D eigenvalue weighted by Gasteiger charge is 2.29. The highest BCUT2D eigenvalue weighted by molar-refractivity contribution is 6.33. The van der Waals surface area contributed by atoms with Gasteiger partial charge in [-0.3, -0.25) is 0 Å². The Bertz CT molecular complexity index is 347. The zero-order valence-corrected chi connectivity index (χ0v) is 10.4. The molecule has 1 aromatic rings. The van der Waals surface area contributed by atoms with Crippen LogP contribution in [0.3, 0.4) is 0 Å². The normalized spacial score (nSPS) is 15.4. The predicted octanol–water partition coefficient (Wildman–Crippen LogP) is 4.07. The van der Waals surface area contributed by atoms with Gasteiger partial charge in [0, 0.05) is 18.5 Å². The Morgan fingerprint density at radius 3 is 2.60 bits per heavy atom. The lowest BCUT2D eigenvalue weighted by atomic mass is 10.2. The van der Waals surface area contributed by atoms with E-state index in [1.54, 1.807) is 0 Å². The van der Waals surface area contributed by atoms with Gasteiger partial charge in [0.25, 0.3) is 0 Å². The largest absolute Gasteiger partial charge is 0.368 e. The van der Waals surface area contributed by atoms with Gasteiger partial charge in [-0.15, -0.1) is 11.6 Å². The molecule has 82 valence electrons. The third-order valence-electron chi connectivity index (χ3n) is 2.80. The van der Waals surface area contributed by atoms with E-state index < -0.39 is 0 Å². The molecule has 0 bridgehead atoms. The summed E-state index contributed by atoms with van der Waals surface area (Å²) in [5.41, 5.74) is 2.23. The first kappa shape index (κ1) is 11.1. The fraction of sp³-hybridized carbons (Fsp3) is 0.500. The molecule has 0 heterocycles. The zero-order valence-electron chi connectivity index (χ0n) is 8.84. The van der Waals surface area contributed by atoms with Gasteiger partial charge >= 0.3 is 0 Å². The van der Waals surface area contributed by atoms with Crippen LogP contribution in [-0.4, -0.2) is 12.6 Å². The van der Waals surface area contributed by atoms with Gasteiger partial charge in [-0.1, -0.05) is 17.7 Å². The van der Waals surface area contributed by atoms with Gasteiger partial charge in [0.1, 0.15) is 0 Å². The minimum Gasteiger partial charge on any atom is -0.368 e. The van der Waals surface area contributed by atoms with E-state index in [0.29, 0.717) is 11.9 Å². The Balaban J connectivity index is 2.26. The number of benzene rings is 1. The van der Waals surface area contributed by atoms with Gasteiger partial charge in [-0.25, -0.2) is 0 Å². The number of alkyl halides is 1. The van der Waals surface area contributed by atoms with Crippen LogP contribution >= 0.6 is 23.2 Å². The van der Waals surface area contributed by atoms with Gasteiger partial charge < -0.3 is 4.90 Å². The molecule has 1 aliphatic carbocycles. The standard InChI is InChI=1S/C12H15Cl2N/c1-2-15(10-4-5-10)12-6-3-9(8-13)7-11(12)14/h3,6-7,10H,2,4-5,8H2,1H3. The second kappa shape index (κ2) is 4.63. The van der Waals surface area contributed by atoms with Gasteiger partial charge in [0.15, 0.2) is 0 Å². The van der Waals surface area contributed by atoms with Gasteiger partial charge in [-0.05, 0) is 37.5 Å². The molecule has 3 heteroatoms. The monoisotopic (exact) mass is 243 g/mol. The molecule has 0 N–H and O–H groups in total. The summed E-state index contributed by atoms with van der Waals surface area (Å²) in [4.78, 5) is 2.38. The second-order valence-corrected chi connectivity index (χ2v) is 4.61. The van der Waals surface area contributed by atoms with Gasteiger partial charge in [0.05, 0.1) is 10.7 Å². The van der Waals surface area contributed by atoms with Crippen LogP contribution in [-0.2, 0) is 5.88 Å². The Kier molecular flexibility index (Phi) is 3.42. The molecule has 0 saturated heterocycles. The Morgan fingerprint density at radius 2 is 2.13 bits per heavy atom. The Morgan fingerprint density at radius 1 is 1.40 bits per heavy atom. The fourth-order valence-electron chi connectivity index (χ4n) is 1.88. The molecule has 0 aliphatic heterocycles. The van der Waals surface area contributed by atoms with E-state index in [0.717, 1.165) is 22.8 Å². The van der Waals surface area contributed by atoms with Gasteiger partial charge in [-0.2, -0.15) is 0 Å². The number of anilines is 1. The van der Waals surface area contributed by atoms with Crippen molar-refractivity contribution in [3.63, 3.8) is 0 Å². The molecule has 1 aromatic carbocycles. The summed E-state index contributed by atoms with van der Waals surface area (Å²) in [7, 11) is 0. The summed E-state index contributed by atoms with van der Waals surface area (Å²) >= 11 is 12.0. The highest BCUT2D eigenvalue weighted by Crippen LogP contribution is 2.35. The van der Waals surface area contributed by atoms with Crippen LogP contribution in [0.1, 0.15) is 25.3 Å². The van der Waals surface area contributed by atoms with Crippen molar-refractivity contribution in [2.75, 3.05) is 11.4 Å². The maximum Gasteiger partial charge on any atom is 0.0642 e. The van der Waals surface area contributed by atoms with Gasteiger partial charge in [0.2, 0.25) is 0 Å². The summed E-state index contributed by atoms with van der Waals surface area (Å²) in [6, 6.07) is 6.81. The molecule has 0 spiro atoms. The maximum absolute atomic E-state index is 6.25. The van der Waals surface area contributed by atoms with E-state index in [1.165, 1.54) is 12.8 Å².